The third-order valence-electron chi connectivity index (χ3n) is 5.52. The smallest absolute Gasteiger partial charge is 0.272 e. The number of hydrogen-bond acceptors (Lipinski definition) is 4. The highest BCUT2D eigenvalue weighted by Gasteiger charge is 2.34. The van der Waals surface area contributed by atoms with Crippen molar-refractivity contribution < 1.29 is 13.2 Å². The van der Waals surface area contributed by atoms with Gasteiger partial charge in [0.15, 0.2) is 15.5 Å². The van der Waals surface area contributed by atoms with Gasteiger partial charge in [-0.05, 0) is 44.1 Å². The van der Waals surface area contributed by atoms with E-state index in [0.717, 1.165) is 43.4 Å². The molecule has 6 nitrogen and oxygen atoms in total. The molecule has 2 aromatic rings. The second-order valence-electron chi connectivity index (χ2n) is 7.47. The van der Waals surface area contributed by atoms with E-state index in [1.807, 2.05) is 35.0 Å². The summed E-state index contributed by atoms with van der Waals surface area (Å²) >= 11 is 0. The van der Waals surface area contributed by atoms with E-state index in [9.17, 15) is 13.2 Å². The van der Waals surface area contributed by atoms with E-state index in [2.05, 4.69) is 10.4 Å². The lowest BCUT2D eigenvalue weighted by atomic mass is 9.95. The molecule has 0 bridgehead atoms. The molecule has 0 spiro atoms. The predicted molar refractivity (Wildman–Crippen MR) is 104 cm³/mol. The third-order valence-corrected chi connectivity index (χ3v) is 7.27. The van der Waals surface area contributed by atoms with Gasteiger partial charge in [0, 0.05) is 17.8 Å². The Bertz CT molecular complexity index is 935. The van der Waals surface area contributed by atoms with E-state index < -0.39 is 9.84 Å². The summed E-state index contributed by atoms with van der Waals surface area (Å²) in [5, 5.41) is 7.59. The highest BCUT2D eigenvalue weighted by molar-refractivity contribution is 7.91. The van der Waals surface area contributed by atoms with Crippen molar-refractivity contribution in [2.75, 3.05) is 18.1 Å². The lowest BCUT2D eigenvalue weighted by Gasteiger charge is -2.17. The van der Waals surface area contributed by atoms with Crippen LogP contribution in [0.15, 0.2) is 30.3 Å². The number of benzene rings is 1. The molecule has 2 aliphatic rings. The number of fused-ring (bicyclic) bond motifs is 1. The van der Waals surface area contributed by atoms with Crippen molar-refractivity contribution in [2.45, 2.75) is 44.6 Å². The number of carbonyl (C=O) groups excluding carboxylic acids is 1. The zero-order valence-electron chi connectivity index (χ0n) is 15.4. The molecule has 1 aliphatic carbocycles. The summed E-state index contributed by atoms with van der Waals surface area (Å²) in [7, 11) is -2.99. The maximum atomic E-state index is 12.8. The normalized spacial score (nSPS) is 21.0. The molecule has 0 radical (unpaired) electrons. The summed E-state index contributed by atoms with van der Waals surface area (Å²) in [6, 6.07) is 9.92. The zero-order chi connectivity index (χ0) is 18.9. The minimum absolute atomic E-state index is 0.132. The standard InChI is InChI=1S/C20H25N3O3S/c24-20(21-12-10-15-6-2-1-3-7-15)19-17-8-4-5-9-18(17)23(22-19)16-11-13-27(25,26)14-16/h1-3,6-7,16H,4-5,8-14H2,(H,21,24)/t16-/m0/s1. The molecule has 2 heterocycles. The van der Waals surface area contributed by atoms with Gasteiger partial charge in [0.25, 0.3) is 5.91 Å². The summed E-state index contributed by atoms with van der Waals surface area (Å²) < 4.78 is 25.6. The average molecular weight is 388 g/mol. The molecule has 1 saturated heterocycles. The van der Waals surface area contributed by atoms with Crippen LogP contribution in [0.2, 0.25) is 0 Å². The first-order chi connectivity index (χ1) is 13.0. The molecule has 0 saturated carbocycles. The Morgan fingerprint density at radius 3 is 2.70 bits per heavy atom. The lowest BCUT2D eigenvalue weighted by Crippen LogP contribution is -2.27. The number of nitrogens with one attached hydrogen (secondary N) is 1. The number of nitrogens with zero attached hydrogens (tertiary/aromatic N) is 2. The molecule has 1 fully saturated rings. The van der Waals surface area contributed by atoms with Crippen LogP contribution in [-0.2, 0) is 29.1 Å². The molecule has 27 heavy (non-hydrogen) atoms. The van der Waals surface area contributed by atoms with Crippen LogP contribution in [0.25, 0.3) is 0 Å². The monoisotopic (exact) mass is 387 g/mol. The molecule has 1 aliphatic heterocycles. The fourth-order valence-electron chi connectivity index (χ4n) is 4.13. The molecule has 1 aromatic heterocycles. The summed E-state index contributed by atoms with van der Waals surface area (Å²) in [6.45, 7) is 0.558. The molecule has 144 valence electrons. The number of hydrogen-bond donors (Lipinski definition) is 1. The Morgan fingerprint density at radius 2 is 1.96 bits per heavy atom. The van der Waals surface area contributed by atoms with Gasteiger partial charge < -0.3 is 5.32 Å². The maximum absolute atomic E-state index is 12.8. The van der Waals surface area contributed by atoms with Crippen LogP contribution in [0.5, 0.6) is 0 Å². The second-order valence-corrected chi connectivity index (χ2v) is 9.70. The van der Waals surface area contributed by atoms with Gasteiger partial charge in [-0.1, -0.05) is 30.3 Å². The Kier molecular flexibility index (Phi) is 5.04. The SMILES string of the molecule is O=C(NCCc1ccccc1)c1nn([C@H]2CCS(=O)(=O)C2)c2c1CCCC2. The van der Waals surface area contributed by atoms with Crippen LogP contribution in [0.4, 0.5) is 0 Å². The number of rotatable bonds is 5. The molecular weight excluding hydrogens is 362 g/mol. The van der Waals surface area contributed by atoms with Gasteiger partial charge in [-0.3, -0.25) is 9.48 Å². The average Bonchev–Trinajstić information content (AvgIpc) is 3.22. The molecule has 1 aromatic carbocycles. The molecule has 1 atom stereocenters. The van der Waals surface area contributed by atoms with Gasteiger partial charge in [-0.15, -0.1) is 0 Å². The quantitative estimate of drug-likeness (QED) is 0.852. The Labute approximate surface area is 159 Å². The number of amides is 1. The molecule has 1 N–H and O–H groups in total. The van der Waals surface area contributed by atoms with Crippen molar-refractivity contribution in [3.8, 4) is 0 Å². The summed E-state index contributed by atoms with van der Waals surface area (Å²) in [5.74, 6) is 0.199. The first-order valence-electron chi connectivity index (χ1n) is 9.66. The van der Waals surface area contributed by atoms with Crippen molar-refractivity contribution in [1.82, 2.24) is 15.1 Å². The first-order valence-corrected chi connectivity index (χ1v) is 11.5. The number of aromatic nitrogens is 2. The Morgan fingerprint density at radius 1 is 1.19 bits per heavy atom. The van der Waals surface area contributed by atoms with Crippen molar-refractivity contribution in [2.24, 2.45) is 0 Å². The van der Waals surface area contributed by atoms with Gasteiger partial charge in [-0.25, -0.2) is 8.42 Å². The van der Waals surface area contributed by atoms with Crippen LogP contribution in [-0.4, -0.2) is 42.2 Å². The minimum atomic E-state index is -2.99. The highest BCUT2D eigenvalue weighted by Crippen LogP contribution is 2.31. The first kappa shape index (κ1) is 18.2. The van der Waals surface area contributed by atoms with Gasteiger partial charge in [0.2, 0.25) is 0 Å². The fourth-order valence-corrected chi connectivity index (χ4v) is 5.82. The minimum Gasteiger partial charge on any atom is -0.350 e. The maximum Gasteiger partial charge on any atom is 0.272 e. The zero-order valence-corrected chi connectivity index (χ0v) is 16.2. The molecule has 0 unspecified atom stereocenters. The Hall–Kier alpha value is -2.15. The van der Waals surface area contributed by atoms with E-state index >= 15 is 0 Å². The summed E-state index contributed by atoms with van der Waals surface area (Å²) in [6.07, 6.45) is 5.19. The molecule has 1 amide bonds. The summed E-state index contributed by atoms with van der Waals surface area (Å²) in [5.41, 5.74) is 3.75. The topological polar surface area (TPSA) is 81.1 Å². The van der Waals surface area contributed by atoms with Gasteiger partial charge in [0.1, 0.15) is 0 Å². The van der Waals surface area contributed by atoms with Gasteiger partial charge >= 0.3 is 0 Å². The van der Waals surface area contributed by atoms with Crippen LogP contribution >= 0.6 is 0 Å². The van der Waals surface area contributed by atoms with Crippen molar-refractivity contribution in [1.29, 1.82) is 0 Å². The van der Waals surface area contributed by atoms with Crippen LogP contribution in [0.1, 0.15) is 52.6 Å². The summed E-state index contributed by atoms with van der Waals surface area (Å²) in [4.78, 5) is 12.8. The van der Waals surface area contributed by atoms with Crippen LogP contribution in [0, 0.1) is 0 Å². The van der Waals surface area contributed by atoms with Crippen LogP contribution < -0.4 is 5.32 Å². The van der Waals surface area contributed by atoms with E-state index in [0.29, 0.717) is 18.7 Å². The number of carbonyl (C=O) groups is 1. The second kappa shape index (κ2) is 7.46. The molecule has 7 heteroatoms. The van der Waals surface area contributed by atoms with Crippen LogP contribution in [0.3, 0.4) is 0 Å². The number of sulfone groups is 1. The van der Waals surface area contributed by atoms with E-state index in [-0.39, 0.29) is 23.5 Å². The lowest BCUT2D eigenvalue weighted by molar-refractivity contribution is 0.0947. The third kappa shape index (κ3) is 3.93. The van der Waals surface area contributed by atoms with E-state index in [1.54, 1.807) is 0 Å². The highest BCUT2D eigenvalue weighted by atomic mass is 32.2. The van der Waals surface area contributed by atoms with Crippen molar-refractivity contribution in [3.63, 3.8) is 0 Å². The molecule has 4 rings (SSSR count). The largest absolute Gasteiger partial charge is 0.350 e. The van der Waals surface area contributed by atoms with Gasteiger partial charge in [0.05, 0.1) is 17.5 Å². The van der Waals surface area contributed by atoms with Crippen molar-refractivity contribution in [3.05, 3.63) is 52.8 Å². The van der Waals surface area contributed by atoms with E-state index in [1.165, 1.54) is 5.56 Å². The van der Waals surface area contributed by atoms with Gasteiger partial charge in [-0.2, -0.15) is 5.10 Å². The van der Waals surface area contributed by atoms with E-state index in [4.69, 9.17) is 0 Å². The fraction of sp³-hybridized carbons (Fsp3) is 0.500. The Balaban J connectivity index is 1.51. The van der Waals surface area contributed by atoms with Crippen molar-refractivity contribution >= 4 is 15.7 Å². The molecular formula is C20H25N3O3S. The predicted octanol–water partition coefficient (Wildman–Crippen LogP) is 2.09.